The highest BCUT2D eigenvalue weighted by Gasteiger charge is 2.26. The molecule has 1 aliphatic rings. The van der Waals surface area contributed by atoms with Gasteiger partial charge in [0.15, 0.2) is 6.61 Å². The molecule has 1 heterocycles. The number of likely N-dealkylation sites (tertiary alicyclic amines) is 1. The van der Waals surface area contributed by atoms with E-state index < -0.39 is 5.97 Å². The number of anilines is 1. The molecule has 0 unspecified atom stereocenters. The van der Waals surface area contributed by atoms with Crippen molar-refractivity contribution in [3.05, 3.63) is 65.7 Å². The highest BCUT2D eigenvalue weighted by molar-refractivity contribution is 6.08. The summed E-state index contributed by atoms with van der Waals surface area (Å²) >= 11 is 0. The molecule has 0 bridgehead atoms. The maximum Gasteiger partial charge on any atom is 0.340 e. The van der Waals surface area contributed by atoms with E-state index in [0.29, 0.717) is 17.8 Å². The quantitative estimate of drug-likeness (QED) is 0.755. The zero-order chi connectivity index (χ0) is 20.6. The van der Waals surface area contributed by atoms with Gasteiger partial charge in [-0.05, 0) is 49.9 Å². The topological polar surface area (TPSA) is 75.7 Å². The Morgan fingerprint density at radius 2 is 1.76 bits per heavy atom. The summed E-state index contributed by atoms with van der Waals surface area (Å²) < 4.78 is 5.28. The average Bonchev–Trinajstić information content (AvgIpc) is 2.78. The van der Waals surface area contributed by atoms with Crippen molar-refractivity contribution in [2.24, 2.45) is 0 Å². The number of nitrogens with one attached hydrogen (secondary N) is 1. The summed E-state index contributed by atoms with van der Waals surface area (Å²) in [6.07, 6.45) is 3.99. The Morgan fingerprint density at radius 3 is 2.52 bits per heavy atom. The third-order valence-electron chi connectivity index (χ3n) is 5.18. The van der Waals surface area contributed by atoms with Gasteiger partial charge in [0.25, 0.3) is 11.8 Å². The van der Waals surface area contributed by atoms with Gasteiger partial charge in [0.1, 0.15) is 0 Å². The number of carbonyl (C=O) groups is 3. The van der Waals surface area contributed by atoms with Crippen LogP contribution in [-0.4, -0.2) is 41.9 Å². The number of benzene rings is 2. The van der Waals surface area contributed by atoms with E-state index in [9.17, 15) is 14.4 Å². The number of hydrogen-bond acceptors (Lipinski definition) is 4. The summed E-state index contributed by atoms with van der Waals surface area (Å²) in [4.78, 5) is 39.3. The molecule has 1 N–H and O–H groups in total. The van der Waals surface area contributed by atoms with E-state index in [1.807, 2.05) is 11.0 Å². The second kappa shape index (κ2) is 9.87. The molecule has 0 radical (unpaired) electrons. The molecule has 2 aromatic carbocycles. The molecular weight excluding hydrogens is 368 g/mol. The molecule has 1 atom stereocenters. The van der Waals surface area contributed by atoms with Gasteiger partial charge < -0.3 is 15.0 Å². The predicted molar refractivity (Wildman–Crippen MR) is 111 cm³/mol. The summed E-state index contributed by atoms with van der Waals surface area (Å²) in [5.74, 6) is -1.12. The minimum Gasteiger partial charge on any atom is -0.452 e. The SMILES string of the molecule is CC[C@@H]1CCCCN1C(=O)COC(=O)c1ccccc1NC(=O)c1ccccc1. The van der Waals surface area contributed by atoms with Gasteiger partial charge in [-0.3, -0.25) is 9.59 Å². The Kier molecular flexibility index (Phi) is 7.00. The zero-order valence-corrected chi connectivity index (χ0v) is 16.6. The van der Waals surface area contributed by atoms with Gasteiger partial charge >= 0.3 is 5.97 Å². The van der Waals surface area contributed by atoms with Crippen LogP contribution in [0.5, 0.6) is 0 Å². The fourth-order valence-corrected chi connectivity index (χ4v) is 3.60. The van der Waals surface area contributed by atoms with Crippen LogP contribution in [0, 0.1) is 0 Å². The minimum absolute atomic E-state index is 0.171. The molecule has 152 valence electrons. The molecule has 0 spiro atoms. The third-order valence-corrected chi connectivity index (χ3v) is 5.18. The van der Waals surface area contributed by atoms with Gasteiger partial charge in [-0.2, -0.15) is 0 Å². The van der Waals surface area contributed by atoms with Gasteiger partial charge in [-0.15, -0.1) is 0 Å². The van der Waals surface area contributed by atoms with Gasteiger partial charge in [-0.1, -0.05) is 37.3 Å². The van der Waals surface area contributed by atoms with E-state index in [0.717, 1.165) is 25.7 Å². The lowest BCUT2D eigenvalue weighted by Gasteiger charge is -2.35. The summed E-state index contributed by atoms with van der Waals surface area (Å²) in [6.45, 7) is 2.48. The lowest BCUT2D eigenvalue weighted by molar-refractivity contribution is -0.138. The molecular formula is C23H26N2O4. The molecule has 6 nitrogen and oxygen atoms in total. The van der Waals surface area contributed by atoms with Crippen molar-refractivity contribution < 1.29 is 19.1 Å². The van der Waals surface area contributed by atoms with Gasteiger partial charge in [0, 0.05) is 18.2 Å². The number of rotatable bonds is 6. The molecule has 1 fully saturated rings. The zero-order valence-electron chi connectivity index (χ0n) is 16.6. The van der Waals surface area contributed by atoms with Crippen LogP contribution in [0.3, 0.4) is 0 Å². The van der Waals surface area contributed by atoms with Crippen molar-refractivity contribution >= 4 is 23.5 Å². The molecule has 2 amide bonds. The Morgan fingerprint density at radius 1 is 1.03 bits per heavy atom. The lowest BCUT2D eigenvalue weighted by atomic mass is 10.00. The minimum atomic E-state index is -0.632. The summed E-state index contributed by atoms with van der Waals surface area (Å²) in [5, 5.41) is 2.74. The Balaban J connectivity index is 1.64. The predicted octanol–water partition coefficient (Wildman–Crippen LogP) is 3.89. The second-order valence-corrected chi connectivity index (χ2v) is 7.09. The fourth-order valence-electron chi connectivity index (χ4n) is 3.60. The van der Waals surface area contributed by atoms with Crippen LogP contribution >= 0.6 is 0 Å². The first-order valence-corrected chi connectivity index (χ1v) is 10.0. The summed E-state index contributed by atoms with van der Waals surface area (Å²) in [7, 11) is 0. The molecule has 29 heavy (non-hydrogen) atoms. The number of para-hydroxylation sites is 1. The molecule has 3 rings (SSSR count). The van der Waals surface area contributed by atoms with Crippen LogP contribution in [0.25, 0.3) is 0 Å². The van der Waals surface area contributed by atoms with Gasteiger partial charge in [0.05, 0.1) is 11.3 Å². The van der Waals surface area contributed by atoms with Crippen LogP contribution in [0.4, 0.5) is 5.69 Å². The monoisotopic (exact) mass is 394 g/mol. The van der Waals surface area contributed by atoms with Crippen molar-refractivity contribution in [3.8, 4) is 0 Å². The highest BCUT2D eigenvalue weighted by Crippen LogP contribution is 2.21. The maximum atomic E-state index is 12.6. The van der Waals surface area contributed by atoms with Crippen LogP contribution < -0.4 is 5.32 Å². The Bertz CT molecular complexity index is 866. The number of amides is 2. The molecule has 1 aliphatic heterocycles. The van der Waals surface area contributed by atoms with Crippen molar-refractivity contribution in [2.45, 2.75) is 38.6 Å². The number of ether oxygens (including phenoxy) is 1. The average molecular weight is 394 g/mol. The molecule has 1 saturated heterocycles. The fraction of sp³-hybridized carbons (Fsp3) is 0.348. The molecule has 0 saturated carbocycles. The van der Waals surface area contributed by atoms with Crippen molar-refractivity contribution in [3.63, 3.8) is 0 Å². The third kappa shape index (κ3) is 5.22. The molecule has 0 aromatic heterocycles. The van der Waals surface area contributed by atoms with E-state index in [4.69, 9.17) is 4.74 Å². The highest BCUT2D eigenvalue weighted by atomic mass is 16.5. The summed E-state index contributed by atoms with van der Waals surface area (Å²) in [5.41, 5.74) is 1.06. The normalized spacial score (nSPS) is 16.2. The van der Waals surface area contributed by atoms with Crippen LogP contribution in [-0.2, 0) is 9.53 Å². The summed E-state index contributed by atoms with van der Waals surface area (Å²) in [6, 6.07) is 15.6. The number of piperidine rings is 1. The lowest BCUT2D eigenvalue weighted by Crippen LogP contribution is -2.45. The number of carbonyl (C=O) groups excluding carboxylic acids is 3. The first kappa shape index (κ1) is 20.6. The van der Waals surface area contributed by atoms with Crippen LogP contribution in [0.1, 0.15) is 53.3 Å². The smallest absolute Gasteiger partial charge is 0.340 e. The van der Waals surface area contributed by atoms with Crippen molar-refractivity contribution in [1.82, 2.24) is 4.90 Å². The largest absolute Gasteiger partial charge is 0.452 e. The van der Waals surface area contributed by atoms with Crippen molar-refractivity contribution in [2.75, 3.05) is 18.5 Å². The van der Waals surface area contributed by atoms with Crippen LogP contribution in [0.2, 0.25) is 0 Å². The first-order chi connectivity index (χ1) is 14.1. The molecule has 6 heteroatoms. The van der Waals surface area contributed by atoms with E-state index in [1.165, 1.54) is 0 Å². The van der Waals surface area contributed by atoms with Crippen molar-refractivity contribution in [1.29, 1.82) is 0 Å². The number of nitrogens with zero attached hydrogens (tertiary/aromatic N) is 1. The Hall–Kier alpha value is -3.15. The van der Waals surface area contributed by atoms with Crippen LogP contribution in [0.15, 0.2) is 54.6 Å². The number of esters is 1. The van der Waals surface area contributed by atoms with E-state index in [-0.39, 0.29) is 30.0 Å². The van der Waals surface area contributed by atoms with E-state index in [2.05, 4.69) is 12.2 Å². The first-order valence-electron chi connectivity index (χ1n) is 10.0. The standard InChI is InChI=1S/C23H26N2O4/c1-2-18-12-8-9-15-25(18)21(26)16-29-23(28)19-13-6-7-14-20(19)24-22(27)17-10-4-3-5-11-17/h3-7,10-11,13-14,18H,2,8-9,12,15-16H2,1H3,(H,24,27)/t18-/m1/s1. The molecule has 0 aliphatic carbocycles. The Labute approximate surface area is 170 Å². The molecule has 2 aromatic rings. The maximum absolute atomic E-state index is 12.6. The van der Waals surface area contributed by atoms with E-state index >= 15 is 0 Å². The van der Waals surface area contributed by atoms with Gasteiger partial charge in [-0.25, -0.2) is 4.79 Å². The number of hydrogen-bond donors (Lipinski definition) is 1. The van der Waals surface area contributed by atoms with Gasteiger partial charge in [0.2, 0.25) is 0 Å². The second-order valence-electron chi connectivity index (χ2n) is 7.09. The van der Waals surface area contributed by atoms with E-state index in [1.54, 1.807) is 48.5 Å².